The second-order valence-electron chi connectivity index (χ2n) is 4.43. The highest BCUT2D eigenvalue weighted by atomic mass is 35.5. The van der Waals surface area contributed by atoms with Gasteiger partial charge in [0.15, 0.2) is 6.29 Å². The van der Waals surface area contributed by atoms with Crippen molar-refractivity contribution in [2.75, 3.05) is 24.6 Å². The van der Waals surface area contributed by atoms with E-state index >= 15 is 0 Å². The molecule has 1 unspecified atom stereocenters. The van der Waals surface area contributed by atoms with E-state index in [9.17, 15) is 4.79 Å². The maximum absolute atomic E-state index is 11.0. The van der Waals surface area contributed by atoms with Crippen molar-refractivity contribution >= 4 is 23.6 Å². The van der Waals surface area contributed by atoms with Gasteiger partial charge in [-0.3, -0.25) is 4.79 Å². The van der Waals surface area contributed by atoms with Gasteiger partial charge in [0.25, 0.3) is 0 Å². The van der Waals surface area contributed by atoms with Gasteiger partial charge >= 0.3 is 0 Å². The van der Waals surface area contributed by atoms with Crippen molar-refractivity contribution in [2.45, 2.75) is 12.8 Å². The fourth-order valence-electron chi connectivity index (χ4n) is 2.38. The Morgan fingerprint density at radius 2 is 2.35 bits per heavy atom. The minimum Gasteiger partial charge on any atom is -0.396 e. The first-order valence-corrected chi connectivity index (χ1v) is 6.23. The van der Waals surface area contributed by atoms with E-state index < -0.39 is 0 Å². The van der Waals surface area contributed by atoms with Crippen LogP contribution in [0.4, 0.5) is 5.69 Å². The summed E-state index contributed by atoms with van der Waals surface area (Å²) in [6, 6.07) is 5.40. The van der Waals surface area contributed by atoms with Gasteiger partial charge in [-0.1, -0.05) is 11.6 Å². The van der Waals surface area contributed by atoms with Gasteiger partial charge in [0.1, 0.15) is 0 Å². The first kappa shape index (κ1) is 12.4. The third kappa shape index (κ3) is 2.79. The summed E-state index contributed by atoms with van der Waals surface area (Å²) in [5, 5.41) is 9.51. The summed E-state index contributed by atoms with van der Waals surface area (Å²) in [6.45, 7) is 2.08. The standard InChI is InChI=1S/C13H16ClNO2/c14-12-1-2-13(11(7-12)9-17)15-5-3-10(8-15)4-6-16/h1-2,7,9-10,16H,3-6,8H2. The Morgan fingerprint density at radius 1 is 1.53 bits per heavy atom. The average molecular weight is 254 g/mol. The lowest BCUT2D eigenvalue weighted by molar-refractivity contribution is 0.112. The summed E-state index contributed by atoms with van der Waals surface area (Å²) < 4.78 is 0. The average Bonchev–Trinajstić information content (AvgIpc) is 2.78. The van der Waals surface area contributed by atoms with Crippen LogP contribution < -0.4 is 4.90 Å². The predicted octanol–water partition coefficient (Wildman–Crippen LogP) is 2.36. The van der Waals surface area contributed by atoms with E-state index in [1.807, 2.05) is 12.1 Å². The lowest BCUT2D eigenvalue weighted by atomic mass is 10.1. The zero-order valence-corrected chi connectivity index (χ0v) is 10.4. The molecule has 1 aromatic rings. The Kier molecular flexibility index (Phi) is 4.02. The van der Waals surface area contributed by atoms with Crippen LogP contribution in [0.3, 0.4) is 0 Å². The van der Waals surface area contributed by atoms with Gasteiger partial charge < -0.3 is 10.0 Å². The molecule has 3 nitrogen and oxygen atoms in total. The van der Waals surface area contributed by atoms with E-state index in [2.05, 4.69) is 4.90 Å². The Labute approximate surface area is 106 Å². The molecule has 0 spiro atoms. The number of aldehydes is 1. The largest absolute Gasteiger partial charge is 0.396 e. The molecule has 1 aliphatic rings. The smallest absolute Gasteiger partial charge is 0.152 e. The minimum atomic E-state index is 0.236. The zero-order chi connectivity index (χ0) is 12.3. The number of carbonyl (C=O) groups is 1. The summed E-state index contributed by atoms with van der Waals surface area (Å²) in [4.78, 5) is 13.2. The molecule has 0 radical (unpaired) electrons. The number of aliphatic hydroxyl groups excluding tert-OH is 1. The number of benzene rings is 1. The Hall–Kier alpha value is -1.06. The molecule has 4 heteroatoms. The van der Waals surface area contributed by atoms with Crippen molar-refractivity contribution in [3.05, 3.63) is 28.8 Å². The molecule has 17 heavy (non-hydrogen) atoms. The number of halogens is 1. The van der Waals surface area contributed by atoms with E-state index in [1.165, 1.54) is 0 Å². The fourth-order valence-corrected chi connectivity index (χ4v) is 2.56. The monoisotopic (exact) mass is 253 g/mol. The number of hydrogen-bond donors (Lipinski definition) is 1. The number of hydrogen-bond acceptors (Lipinski definition) is 3. The third-order valence-electron chi connectivity index (χ3n) is 3.28. The molecular formula is C13H16ClNO2. The first-order chi connectivity index (χ1) is 8.24. The highest BCUT2D eigenvalue weighted by Gasteiger charge is 2.23. The Balaban J connectivity index is 2.15. The molecule has 0 bridgehead atoms. The number of rotatable bonds is 4. The second-order valence-corrected chi connectivity index (χ2v) is 4.87. The Bertz CT molecular complexity index is 408. The first-order valence-electron chi connectivity index (χ1n) is 5.85. The van der Waals surface area contributed by atoms with Gasteiger partial charge in [0.05, 0.1) is 0 Å². The normalized spacial score (nSPS) is 19.6. The second kappa shape index (κ2) is 5.52. The van der Waals surface area contributed by atoms with Crippen LogP contribution in [0.1, 0.15) is 23.2 Å². The number of anilines is 1. The molecular weight excluding hydrogens is 238 g/mol. The molecule has 1 heterocycles. The maximum Gasteiger partial charge on any atom is 0.152 e. The number of nitrogens with zero attached hydrogens (tertiary/aromatic N) is 1. The van der Waals surface area contributed by atoms with Crippen LogP contribution in [0.5, 0.6) is 0 Å². The molecule has 0 aromatic heterocycles. The van der Waals surface area contributed by atoms with E-state index in [0.717, 1.165) is 37.9 Å². The van der Waals surface area contributed by atoms with Crippen LogP contribution in [0.2, 0.25) is 5.02 Å². The molecule has 2 rings (SSSR count). The van der Waals surface area contributed by atoms with Crippen molar-refractivity contribution in [1.29, 1.82) is 0 Å². The summed E-state index contributed by atoms with van der Waals surface area (Å²) in [7, 11) is 0. The minimum absolute atomic E-state index is 0.236. The molecule has 1 atom stereocenters. The molecule has 1 aliphatic heterocycles. The summed E-state index contributed by atoms with van der Waals surface area (Å²) in [5.74, 6) is 0.523. The van der Waals surface area contributed by atoms with Crippen molar-refractivity contribution in [1.82, 2.24) is 0 Å². The molecule has 1 fully saturated rings. The van der Waals surface area contributed by atoms with Crippen LogP contribution in [-0.2, 0) is 0 Å². The lowest BCUT2D eigenvalue weighted by Gasteiger charge is -2.20. The third-order valence-corrected chi connectivity index (χ3v) is 3.52. The van der Waals surface area contributed by atoms with E-state index in [-0.39, 0.29) is 6.61 Å². The summed E-state index contributed by atoms with van der Waals surface area (Å²) in [5.41, 5.74) is 1.59. The van der Waals surface area contributed by atoms with Gasteiger partial charge in [0, 0.05) is 36.0 Å². The fraction of sp³-hybridized carbons (Fsp3) is 0.462. The lowest BCUT2D eigenvalue weighted by Crippen LogP contribution is -2.21. The van der Waals surface area contributed by atoms with Gasteiger partial charge in [-0.2, -0.15) is 0 Å². The number of aliphatic hydroxyl groups is 1. The van der Waals surface area contributed by atoms with Gasteiger partial charge in [0.2, 0.25) is 0 Å². The highest BCUT2D eigenvalue weighted by molar-refractivity contribution is 6.31. The van der Waals surface area contributed by atoms with Crippen LogP contribution in [-0.4, -0.2) is 31.1 Å². The van der Waals surface area contributed by atoms with Crippen LogP contribution >= 0.6 is 11.6 Å². The molecule has 1 aromatic carbocycles. The predicted molar refractivity (Wildman–Crippen MR) is 68.9 cm³/mol. The summed E-state index contributed by atoms with van der Waals surface area (Å²) >= 11 is 5.87. The van der Waals surface area contributed by atoms with Crippen LogP contribution in [0.15, 0.2) is 18.2 Å². The topological polar surface area (TPSA) is 40.5 Å². The van der Waals surface area contributed by atoms with Gasteiger partial charge in [-0.15, -0.1) is 0 Å². The van der Waals surface area contributed by atoms with E-state index in [0.29, 0.717) is 16.5 Å². The summed E-state index contributed by atoms with van der Waals surface area (Å²) in [6.07, 6.45) is 2.75. The zero-order valence-electron chi connectivity index (χ0n) is 9.60. The molecule has 0 aliphatic carbocycles. The van der Waals surface area contributed by atoms with E-state index in [1.54, 1.807) is 6.07 Å². The van der Waals surface area contributed by atoms with Gasteiger partial charge in [-0.25, -0.2) is 0 Å². The van der Waals surface area contributed by atoms with E-state index in [4.69, 9.17) is 16.7 Å². The number of carbonyl (C=O) groups excluding carboxylic acids is 1. The maximum atomic E-state index is 11.0. The van der Waals surface area contributed by atoms with Gasteiger partial charge in [-0.05, 0) is 37.0 Å². The van der Waals surface area contributed by atoms with Crippen molar-refractivity contribution in [3.63, 3.8) is 0 Å². The molecule has 0 amide bonds. The van der Waals surface area contributed by atoms with Crippen LogP contribution in [0.25, 0.3) is 0 Å². The molecule has 1 saturated heterocycles. The SMILES string of the molecule is O=Cc1cc(Cl)ccc1N1CCC(CCO)C1. The molecule has 1 N–H and O–H groups in total. The molecule has 0 saturated carbocycles. The quantitative estimate of drug-likeness (QED) is 0.838. The van der Waals surface area contributed by atoms with Crippen molar-refractivity contribution in [2.24, 2.45) is 5.92 Å². The van der Waals surface area contributed by atoms with Crippen molar-refractivity contribution < 1.29 is 9.90 Å². The van der Waals surface area contributed by atoms with Crippen molar-refractivity contribution in [3.8, 4) is 0 Å². The van der Waals surface area contributed by atoms with Crippen LogP contribution in [0, 0.1) is 5.92 Å². The molecule has 92 valence electrons. The highest BCUT2D eigenvalue weighted by Crippen LogP contribution is 2.29. The Morgan fingerprint density at radius 3 is 3.06 bits per heavy atom.